The van der Waals surface area contributed by atoms with Crippen LogP contribution in [0.2, 0.25) is 0 Å². The number of nitrogens with zero attached hydrogens (tertiary/aromatic N) is 2. The van der Waals surface area contributed by atoms with Crippen LogP contribution in [0.4, 0.5) is 11.6 Å². The van der Waals surface area contributed by atoms with Gasteiger partial charge in [0, 0.05) is 18.2 Å². The molecule has 0 saturated heterocycles. The number of rotatable bonds is 7. The largest absolute Gasteiger partial charge is 0.370 e. The molecule has 0 radical (unpaired) electrons. The van der Waals surface area contributed by atoms with Gasteiger partial charge in [0.2, 0.25) is 5.91 Å². The maximum Gasteiger partial charge on any atom is 0.239 e. The summed E-state index contributed by atoms with van der Waals surface area (Å²) in [6.07, 6.45) is 3.72. The van der Waals surface area contributed by atoms with Crippen molar-refractivity contribution in [2.24, 2.45) is 0 Å². The van der Waals surface area contributed by atoms with Crippen molar-refractivity contribution < 1.29 is 4.79 Å². The van der Waals surface area contributed by atoms with Crippen LogP contribution in [-0.2, 0) is 4.79 Å². The number of amides is 1. The number of carbonyl (C=O) groups excluding carboxylic acids is 1. The van der Waals surface area contributed by atoms with Crippen LogP contribution in [-0.4, -0.2) is 35.0 Å². The van der Waals surface area contributed by atoms with Gasteiger partial charge in [-0.1, -0.05) is 13.8 Å². The molecular weight excluding hydrogens is 254 g/mol. The Kier molecular flexibility index (Phi) is 4.76. The van der Waals surface area contributed by atoms with Gasteiger partial charge in [0.05, 0.1) is 6.54 Å². The van der Waals surface area contributed by atoms with Gasteiger partial charge in [-0.3, -0.25) is 4.79 Å². The summed E-state index contributed by atoms with van der Waals surface area (Å²) in [5, 5.41) is 9.31. The fourth-order valence-corrected chi connectivity index (χ4v) is 2.06. The van der Waals surface area contributed by atoms with Gasteiger partial charge in [0.25, 0.3) is 0 Å². The van der Waals surface area contributed by atoms with Crippen LogP contribution in [0.1, 0.15) is 45.1 Å². The van der Waals surface area contributed by atoms with Gasteiger partial charge in [-0.2, -0.15) is 0 Å². The maximum atomic E-state index is 11.7. The van der Waals surface area contributed by atoms with Crippen LogP contribution in [0.3, 0.4) is 0 Å². The predicted octanol–water partition coefficient (Wildman–Crippen LogP) is 1.72. The Morgan fingerprint density at radius 1 is 1.30 bits per heavy atom. The third kappa shape index (κ3) is 3.82. The second-order valence-electron chi connectivity index (χ2n) is 5.36. The fourth-order valence-electron chi connectivity index (χ4n) is 2.06. The Bertz CT molecular complexity index is 471. The summed E-state index contributed by atoms with van der Waals surface area (Å²) in [5.41, 5.74) is 1.02. The molecule has 6 nitrogen and oxygen atoms in total. The second kappa shape index (κ2) is 6.54. The molecule has 20 heavy (non-hydrogen) atoms. The van der Waals surface area contributed by atoms with Crippen LogP contribution in [0.5, 0.6) is 0 Å². The van der Waals surface area contributed by atoms with E-state index in [0.717, 1.165) is 36.6 Å². The number of carbonyl (C=O) groups is 1. The van der Waals surface area contributed by atoms with Crippen molar-refractivity contribution >= 4 is 17.5 Å². The van der Waals surface area contributed by atoms with Gasteiger partial charge in [-0.15, -0.1) is 0 Å². The molecule has 0 aliphatic heterocycles. The van der Waals surface area contributed by atoms with E-state index in [2.05, 4.69) is 39.8 Å². The molecule has 1 aromatic rings. The minimum Gasteiger partial charge on any atom is -0.370 e. The summed E-state index contributed by atoms with van der Waals surface area (Å²) in [4.78, 5) is 20.3. The first-order valence-electron chi connectivity index (χ1n) is 7.23. The maximum absolute atomic E-state index is 11.7. The normalized spacial score (nSPS) is 14.2. The predicted molar refractivity (Wildman–Crippen MR) is 79.9 cm³/mol. The standard InChI is InChI=1S/C14H23N5O/c1-4-15-13-12(9(2)3)14(18-8-17-13)16-7-11(20)19-10-5-6-10/h8-10H,4-7H2,1-3H3,(H,19,20)(H2,15,16,17,18). The highest BCUT2D eigenvalue weighted by Gasteiger charge is 2.23. The first-order chi connectivity index (χ1) is 9.61. The summed E-state index contributed by atoms with van der Waals surface area (Å²) < 4.78 is 0. The Labute approximate surface area is 119 Å². The van der Waals surface area contributed by atoms with Gasteiger partial charge in [-0.25, -0.2) is 9.97 Å². The molecule has 0 bridgehead atoms. The molecule has 1 amide bonds. The Morgan fingerprint density at radius 2 is 1.95 bits per heavy atom. The van der Waals surface area contributed by atoms with E-state index in [1.807, 2.05) is 6.92 Å². The highest BCUT2D eigenvalue weighted by Crippen LogP contribution is 2.28. The smallest absolute Gasteiger partial charge is 0.239 e. The lowest BCUT2D eigenvalue weighted by Gasteiger charge is -2.17. The lowest BCUT2D eigenvalue weighted by atomic mass is 10.0. The van der Waals surface area contributed by atoms with Crippen LogP contribution in [0.15, 0.2) is 6.33 Å². The quantitative estimate of drug-likeness (QED) is 0.707. The van der Waals surface area contributed by atoms with E-state index in [4.69, 9.17) is 0 Å². The van der Waals surface area contributed by atoms with E-state index in [0.29, 0.717) is 6.04 Å². The van der Waals surface area contributed by atoms with Crippen molar-refractivity contribution in [3.05, 3.63) is 11.9 Å². The first kappa shape index (κ1) is 14.6. The number of hydrogen-bond donors (Lipinski definition) is 3. The summed E-state index contributed by atoms with van der Waals surface area (Å²) in [7, 11) is 0. The van der Waals surface area contributed by atoms with E-state index in [1.54, 1.807) is 0 Å². The summed E-state index contributed by atoms with van der Waals surface area (Å²) in [6, 6.07) is 0.386. The fraction of sp³-hybridized carbons (Fsp3) is 0.643. The number of anilines is 2. The summed E-state index contributed by atoms with van der Waals surface area (Å²) in [6.45, 7) is 7.27. The number of aromatic nitrogens is 2. The van der Waals surface area contributed by atoms with Crippen molar-refractivity contribution in [3.8, 4) is 0 Å². The Balaban J connectivity index is 2.05. The zero-order chi connectivity index (χ0) is 14.5. The average Bonchev–Trinajstić information content (AvgIpc) is 3.20. The molecule has 1 aromatic heterocycles. The summed E-state index contributed by atoms with van der Waals surface area (Å²) >= 11 is 0. The molecular formula is C14H23N5O. The zero-order valence-electron chi connectivity index (χ0n) is 12.4. The van der Waals surface area contributed by atoms with Crippen molar-refractivity contribution in [1.82, 2.24) is 15.3 Å². The molecule has 3 N–H and O–H groups in total. The van der Waals surface area contributed by atoms with Crippen molar-refractivity contribution in [2.75, 3.05) is 23.7 Å². The number of nitrogens with one attached hydrogen (secondary N) is 3. The van der Waals surface area contributed by atoms with Crippen LogP contribution in [0.25, 0.3) is 0 Å². The van der Waals surface area contributed by atoms with Crippen molar-refractivity contribution in [3.63, 3.8) is 0 Å². The molecule has 1 heterocycles. The molecule has 1 fully saturated rings. The highest BCUT2D eigenvalue weighted by molar-refractivity contribution is 5.81. The van der Waals surface area contributed by atoms with E-state index in [-0.39, 0.29) is 18.4 Å². The molecule has 110 valence electrons. The molecule has 0 unspecified atom stereocenters. The molecule has 0 atom stereocenters. The van der Waals surface area contributed by atoms with Crippen LogP contribution >= 0.6 is 0 Å². The van der Waals surface area contributed by atoms with Gasteiger partial charge < -0.3 is 16.0 Å². The molecule has 1 aliphatic carbocycles. The number of hydrogen-bond acceptors (Lipinski definition) is 5. The third-order valence-corrected chi connectivity index (χ3v) is 3.16. The molecule has 1 aliphatic rings. The van der Waals surface area contributed by atoms with E-state index in [9.17, 15) is 4.79 Å². The minimum atomic E-state index is 0.0193. The van der Waals surface area contributed by atoms with Gasteiger partial charge >= 0.3 is 0 Å². The molecule has 0 aromatic carbocycles. The second-order valence-corrected chi connectivity index (χ2v) is 5.36. The average molecular weight is 277 g/mol. The Hall–Kier alpha value is -1.85. The zero-order valence-corrected chi connectivity index (χ0v) is 12.4. The summed E-state index contributed by atoms with van der Waals surface area (Å²) in [5.74, 6) is 1.87. The van der Waals surface area contributed by atoms with E-state index >= 15 is 0 Å². The lowest BCUT2D eigenvalue weighted by molar-refractivity contribution is -0.119. The third-order valence-electron chi connectivity index (χ3n) is 3.16. The van der Waals surface area contributed by atoms with Crippen molar-refractivity contribution in [2.45, 2.75) is 45.6 Å². The Morgan fingerprint density at radius 3 is 2.50 bits per heavy atom. The highest BCUT2D eigenvalue weighted by atomic mass is 16.2. The minimum absolute atomic E-state index is 0.0193. The van der Waals surface area contributed by atoms with Crippen molar-refractivity contribution in [1.29, 1.82) is 0 Å². The molecule has 0 spiro atoms. The van der Waals surface area contributed by atoms with Gasteiger partial charge in [0.15, 0.2) is 0 Å². The van der Waals surface area contributed by atoms with Crippen LogP contribution in [0, 0.1) is 0 Å². The van der Waals surface area contributed by atoms with E-state index < -0.39 is 0 Å². The van der Waals surface area contributed by atoms with Crippen LogP contribution < -0.4 is 16.0 Å². The molecule has 2 rings (SSSR count). The SMILES string of the molecule is CCNc1ncnc(NCC(=O)NC2CC2)c1C(C)C. The van der Waals surface area contributed by atoms with Gasteiger partial charge in [0.1, 0.15) is 18.0 Å². The first-order valence-corrected chi connectivity index (χ1v) is 7.23. The monoisotopic (exact) mass is 277 g/mol. The lowest BCUT2D eigenvalue weighted by Crippen LogP contribution is -2.31. The topological polar surface area (TPSA) is 78.9 Å². The van der Waals surface area contributed by atoms with Gasteiger partial charge in [-0.05, 0) is 25.7 Å². The molecule has 1 saturated carbocycles. The van der Waals surface area contributed by atoms with E-state index in [1.165, 1.54) is 6.33 Å². The molecule has 6 heteroatoms.